The minimum absolute atomic E-state index is 0.108. The van der Waals surface area contributed by atoms with Crippen molar-refractivity contribution in [3.05, 3.63) is 65.6 Å². The Morgan fingerprint density at radius 2 is 1.58 bits per heavy atom. The van der Waals surface area contributed by atoms with Crippen LogP contribution in [0.5, 0.6) is 0 Å². The summed E-state index contributed by atoms with van der Waals surface area (Å²) < 4.78 is 22.5. The molecule has 31 heavy (non-hydrogen) atoms. The molecule has 12 heteroatoms. The number of hydrogen-bond acceptors (Lipinski definition) is 7. The van der Waals surface area contributed by atoms with Gasteiger partial charge in [-0.2, -0.15) is 0 Å². The van der Waals surface area contributed by atoms with Gasteiger partial charge in [-0.1, -0.05) is 18.2 Å². The normalized spacial score (nSPS) is 15.3. The number of thioether (sulfide) groups is 1. The zero-order valence-corrected chi connectivity index (χ0v) is 17.4. The van der Waals surface area contributed by atoms with Gasteiger partial charge in [-0.05, 0) is 48.2 Å². The highest BCUT2D eigenvalue weighted by Gasteiger charge is 2.36. The van der Waals surface area contributed by atoms with E-state index >= 15 is 0 Å². The van der Waals surface area contributed by atoms with Crippen molar-refractivity contribution in [3.8, 4) is 0 Å². The summed E-state index contributed by atoms with van der Waals surface area (Å²) in [7, 11) is -3.87. The highest BCUT2D eigenvalue weighted by Crippen LogP contribution is 2.30. The number of imide groups is 1. The number of primary sulfonamides is 1. The summed E-state index contributed by atoms with van der Waals surface area (Å²) in [5.41, 5.74) is 0.776. The highest BCUT2D eigenvalue weighted by molar-refractivity contribution is 8.18. The number of carbonyl (C=O) groups is 4. The minimum atomic E-state index is -3.87. The predicted octanol–water partition coefficient (Wildman–Crippen LogP) is 1.49. The second kappa shape index (κ2) is 9.12. The first-order valence-corrected chi connectivity index (χ1v) is 11.0. The number of nitrogens with one attached hydrogen (secondary N) is 2. The molecule has 2 aromatic carbocycles. The molecule has 0 saturated carbocycles. The maximum atomic E-state index is 12.4. The molecule has 0 spiro atoms. The van der Waals surface area contributed by atoms with E-state index in [4.69, 9.17) is 5.14 Å². The number of benzene rings is 2. The van der Waals surface area contributed by atoms with E-state index in [1.165, 1.54) is 24.3 Å². The first-order valence-electron chi connectivity index (χ1n) is 8.67. The number of nitrogens with two attached hydrogens (primary N) is 1. The lowest BCUT2D eigenvalue weighted by atomic mass is 10.3. The van der Waals surface area contributed by atoms with E-state index in [1.54, 1.807) is 30.3 Å². The molecule has 1 aliphatic rings. The highest BCUT2D eigenvalue weighted by atomic mass is 32.2. The molecule has 2 aromatic rings. The van der Waals surface area contributed by atoms with Crippen LogP contribution in [-0.4, -0.2) is 42.8 Å². The Bertz CT molecular complexity index is 1180. The number of amides is 4. The second-order valence-corrected chi connectivity index (χ2v) is 8.80. The van der Waals surface area contributed by atoms with Gasteiger partial charge >= 0.3 is 0 Å². The van der Waals surface area contributed by atoms with Crippen LogP contribution in [0.4, 0.5) is 16.2 Å². The van der Waals surface area contributed by atoms with E-state index in [0.717, 1.165) is 6.08 Å². The molecular formula is C19H16N4O6S2. The van der Waals surface area contributed by atoms with Gasteiger partial charge in [0.2, 0.25) is 21.8 Å². The van der Waals surface area contributed by atoms with Gasteiger partial charge in [-0.3, -0.25) is 24.1 Å². The largest absolute Gasteiger partial charge is 0.325 e. The van der Waals surface area contributed by atoms with Gasteiger partial charge in [-0.25, -0.2) is 13.6 Å². The molecule has 0 atom stereocenters. The summed E-state index contributed by atoms with van der Waals surface area (Å²) in [5.74, 6) is -2.03. The molecule has 0 aliphatic carbocycles. The number of anilines is 2. The van der Waals surface area contributed by atoms with Crippen molar-refractivity contribution in [1.82, 2.24) is 4.90 Å². The zero-order chi connectivity index (χ0) is 22.6. The summed E-state index contributed by atoms with van der Waals surface area (Å²) in [5, 5.41) is 9.33. The number of para-hydroxylation sites is 1. The van der Waals surface area contributed by atoms with Crippen LogP contribution in [0.3, 0.4) is 0 Å². The molecule has 1 fully saturated rings. The third-order valence-corrected chi connectivity index (χ3v) is 5.78. The summed E-state index contributed by atoms with van der Waals surface area (Å²) in [6.45, 7) is -0.570. The van der Waals surface area contributed by atoms with Gasteiger partial charge in [0, 0.05) is 17.5 Å². The van der Waals surface area contributed by atoms with Crippen LogP contribution in [0.25, 0.3) is 0 Å². The molecule has 0 unspecified atom stereocenters. The fourth-order valence-electron chi connectivity index (χ4n) is 2.53. The van der Waals surface area contributed by atoms with Crippen LogP contribution in [0, 0.1) is 0 Å². The molecule has 0 aromatic heterocycles. The van der Waals surface area contributed by atoms with Crippen molar-refractivity contribution in [2.75, 3.05) is 17.2 Å². The van der Waals surface area contributed by atoms with E-state index in [1.807, 2.05) is 0 Å². The van der Waals surface area contributed by atoms with E-state index in [-0.39, 0.29) is 15.5 Å². The average Bonchev–Trinajstić information content (AvgIpc) is 2.95. The molecule has 0 radical (unpaired) electrons. The van der Waals surface area contributed by atoms with Gasteiger partial charge in [0.1, 0.15) is 6.54 Å². The third-order valence-electron chi connectivity index (χ3n) is 3.95. The molecule has 0 bridgehead atoms. The van der Waals surface area contributed by atoms with Crippen LogP contribution in [-0.2, 0) is 24.4 Å². The van der Waals surface area contributed by atoms with Gasteiger partial charge < -0.3 is 10.6 Å². The predicted molar refractivity (Wildman–Crippen MR) is 114 cm³/mol. The molecule has 3 rings (SSSR count). The Balaban J connectivity index is 1.61. The van der Waals surface area contributed by atoms with Gasteiger partial charge in [0.05, 0.1) is 9.80 Å². The number of hydrogen-bond donors (Lipinski definition) is 3. The monoisotopic (exact) mass is 460 g/mol. The number of nitrogens with zero attached hydrogens (tertiary/aromatic N) is 1. The van der Waals surface area contributed by atoms with E-state index < -0.39 is 39.5 Å². The van der Waals surface area contributed by atoms with Crippen molar-refractivity contribution in [3.63, 3.8) is 0 Å². The summed E-state index contributed by atoms with van der Waals surface area (Å²) in [6, 6.07) is 13.6. The Morgan fingerprint density at radius 3 is 2.19 bits per heavy atom. The lowest BCUT2D eigenvalue weighted by Gasteiger charge is -2.12. The van der Waals surface area contributed by atoms with Crippen LogP contribution in [0.1, 0.15) is 0 Å². The number of sulfonamides is 1. The standard InChI is InChI=1S/C19H16N4O6S2/c20-31(28,29)14-8-6-13(7-9-14)22-17(25)11-23-18(26)15(30-19(23)27)10-16(24)21-12-4-2-1-3-5-12/h1-10H,11H2,(H,21,24)(H,22,25)(H2,20,28,29). The summed E-state index contributed by atoms with van der Waals surface area (Å²) >= 11 is 0.551. The minimum Gasteiger partial charge on any atom is -0.325 e. The molecule has 160 valence electrons. The van der Waals surface area contributed by atoms with Crippen molar-refractivity contribution in [2.45, 2.75) is 4.90 Å². The molecular weight excluding hydrogens is 444 g/mol. The molecule has 1 saturated heterocycles. The summed E-state index contributed by atoms with van der Waals surface area (Å²) in [6.07, 6.45) is 1.00. The smallest absolute Gasteiger partial charge is 0.294 e. The Hall–Kier alpha value is -3.48. The van der Waals surface area contributed by atoms with Gasteiger partial charge in [0.15, 0.2) is 0 Å². The maximum Gasteiger partial charge on any atom is 0.294 e. The van der Waals surface area contributed by atoms with Crippen molar-refractivity contribution in [1.29, 1.82) is 0 Å². The van der Waals surface area contributed by atoms with E-state index in [2.05, 4.69) is 10.6 Å². The van der Waals surface area contributed by atoms with Crippen molar-refractivity contribution >= 4 is 56.1 Å². The Labute approximate surface area is 181 Å². The van der Waals surface area contributed by atoms with Crippen LogP contribution in [0.15, 0.2) is 70.5 Å². The van der Waals surface area contributed by atoms with Crippen LogP contribution >= 0.6 is 11.8 Å². The van der Waals surface area contributed by atoms with Gasteiger partial charge in [-0.15, -0.1) is 0 Å². The Kier molecular flexibility index (Phi) is 6.53. The summed E-state index contributed by atoms with van der Waals surface area (Å²) in [4.78, 5) is 49.3. The second-order valence-electron chi connectivity index (χ2n) is 6.24. The molecule has 4 amide bonds. The number of rotatable bonds is 6. The third kappa shape index (κ3) is 5.78. The van der Waals surface area contributed by atoms with Crippen LogP contribution < -0.4 is 15.8 Å². The fraction of sp³-hybridized carbons (Fsp3) is 0.0526. The SMILES string of the molecule is NS(=O)(=O)c1ccc(NC(=O)CN2C(=O)SC(=CC(=O)Nc3ccccc3)C2=O)cc1. The lowest BCUT2D eigenvalue weighted by molar-refractivity contribution is -0.127. The first-order chi connectivity index (χ1) is 14.6. The molecule has 4 N–H and O–H groups in total. The maximum absolute atomic E-state index is 12.4. The zero-order valence-electron chi connectivity index (χ0n) is 15.8. The average molecular weight is 460 g/mol. The first kappa shape index (κ1) is 22.2. The Morgan fingerprint density at radius 1 is 0.968 bits per heavy atom. The van der Waals surface area contributed by atoms with E-state index in [0.29, 0.717) is 22.3 Å². The topological polar surface area (TPSA) is 156 Å². The van der Waals surface area contributed by atoms with Crippen LogP contribution in [0.2, 0.25) is 0 Å². The van der Waals surface area contributed by atoms with Gasteiger partial charge in [0.25, 0.3) is 11.1 Å². The van der Waals surface area contributed by atoms with Crippen molar-refractivity contribution in [2.24, 2.45) is 5.14 Å². The fourth-order valence-corrected chi connectivity index (χ4v) is 3.85. The van der Waals surface area contributed by atoms with E-state index in [9.17, 15) is 27.6 Å². The molecule has 1 aliphatic heterocycles. The van der Waals surface area contributed by atoms with Crippen molar-refractivity contribution < 1.29 is 27.6 Å². The quantitative estimate of drug-likeness (QED) is 0.551. The number of carbonyl (C=O) groups excluding carboxylic acids is 4. The molecule has 10 nitrogen and oxygen atoms in total. The lowest BCUT2D eigenvalue weighted by Crippen LogP contribution is -2.36. The molecule has 1 heterocycles.